The molecule has 0 amide bonds. The molecule has 1 aromatic rings. The van der Waals surface area contributed by atoms with Gasteiger partial charge in [-0.15, -0.1) is 0 Å². The zero-order valence-corrected chi connectivity index (χ0v) is 9.73. The molecule has 3 nitrogen and oxygen atoms in total. The van der Waals surface area contributed by atoms with E-state index in [0.717, 1.165) is 24.0 Å². The summed E-state index contributed by atoms with van der Waals surface area (Å²) in [5.74, 6) is 3.60. The third-order valence-electron chi connectivity index (χ3n) is 3.70. The number of nitrogens with zero attached hydrogens (tertiary/aromatic N) is 1. The maximum absolute atomic E-state index is 11.3. The highest BCUT2D eigenvalue weighted by molar-refractivity contribution is 7.98. The minimum Gasteiger partial charge on any atom is -0.293 e. The van der Waals surface area contributed by atoms with E-state index in [1.54, 1.807) is 6.92 Å². The third kappa shape index (κ3) is 1.20. The largest absolute Gasteiger partial charge is 0.293 e. The van der Waals surface area contributed by atoms with Crippen LogP contribution in [-0.2, 0) is 6.42 Å². The fraction of sp³-hybridized carbons (Fsp3) is 0.636. The molecule has 1 fully saturated rings. The molecule has 0 aliphatic heterocycles. The lowest BCUT2D eigenvalue weighted by Gasteiger charge is -2.01. The van der Waals surface area contributed by atoms with Crippen LogP contribution in [0, 0.1) is 11.8 Å². The zero-order chi connectivity index (χ0) is 10.6. The third-order valence-corrected chi connectivity index (χ3v) is 4.42. The van der Waals surface area contributed by atoms with E-state index in [0.29, 0.717) is 5.92 Å². The lowest BCUT2D eigenvalue weighted by atomic mass is 10.1. The number of H-pyrrole nitrogens is 1. The zero-order valence-electron chi connectivity index (χ0n) is 8.91. The van der Waals surface area contributed by atoms with Crippen molar-refractivity contribution in [2.45, 2.75) is 19.3 Å². The van der Waals surface area contributed by atoms with Crippen LogP contribution in [0.15, 0.2) is 0 Å². The Balaban J connectivity index is 1.88. The van der Waals surface area contributed by atoms with Crippen molar-refractivity contribution in [1.82, 2.24) is 10.2 Å². The molecule has 0 saturated heterocycles. The number of carbonyl (C=O) groups is 1. The predicted octanol–water partition coefficient (Wildman–Crippen LogP) is 1.86. The lowest BCUT2D eigenvalue weighted by Crippen LogP contribution is -2.00. The predicted molar refractivity (Wildman–Crippen MR) is 60.4 cm³/mol. The standard InChI is InChI=1S/C11H14N2OS/c1-5(14)10-7-3-6-8(4-15-2)9(6)11(7)13-12-10/h6,8-9H,3-4H2,1-2H3,(H,12,13). The number of fused-ring (bicyclic) bond motifs is 3. The van der Waals surface area contributed by atoms with Crippen molar-refractivity contribution < 1.29 is 4.79 Å². The molecule has 1 N–H and O–H groups in total. The first-order valence-corrected chi connectivity index (χ1v) is 6.70. The van der Waals surface area contributed by atoms with Crippen LogP contribution in [0.2, 0.25) is 0 Å². The molecule has 1 saturated carbocycles. The van der Waals surface area contributed by atoms with Crippen LogP contribution >= 0.6 is 11.8 Å². The van der Waals surface area contributed by atoms with E-state index in [1.807, 2.05) is 11.8 Å². The molecule has 2 aliphatic rings. The van der Waals surface area contributed by atoms with E-state index in [4.69, 9.17) is 0 Å². The summed E-state index contributed by atoms with van der Waals surface area (Å²) < 4.78 is 0. The van der Waals surface area contributed by atoms with Gasteiger partial charge in [0.25, 0.3) is 0 Å². The van der Waals surface area contributed by atoms with E-state index in [1.165, 1.54) is 17.0 Å². The molecular weight excluding hydrogens is 208 g/mol. The molecule has 80 valence electrons. The molecule has 15 heavy (non-hydrogen) atoms. The first-order chi connectivity index (χ1) is 7.24. The molecule has 1 aromatic heterocycles. The van der Waals surface area contributed by atoms with Crippen molar-refractivity contribution in [2.24, 2.45) is 11.8 Å². The van der Waals surface area contributed by atoms with Crippen LogP contribution in [0.4, 0.5) is 0 Å². The Labute approximate surface area is 93.0 Å². The maximum Gasteiger partial charge on any atom is 0.177 e. The van der Waals surface area contributed by atoms with Crippen LogP contribution in [0.25, 0.3) is 0 Å². The van der Waals surface area contributed by atoms with E-state index < -0.39 is 0 Å². The number of aromatic nitrogens is 2. The highest BCUT2D eigenvalue weighted by Gasteiger charge is 2.57. The van der Waals surface area contributed by atoms with Gasteiger partial charge in [0.15, 0.2) is 5.78 Å². The normalized spacial score (nSPS) is 31.2. The summed E-state index contributed by atoms with van der Waals surface area (Å²) >= 11 is 1.91. The summed E-state index contributed by atoms with van der Waals surface area (Å²) in [5, 5.41) is 7.21. The Bertz CT molecular complexity index is 426. The van der Waals surface area contributed by atoms with Gasteiger partial charge in [0.05, 0.1) is 5.69 Å². The molecule has 1 heterocycles. The quantitative estimate of drug-likeness (QED) is 0.794. The number of carbonyl (C=O) groups excluding carboxylic acids is 1. The molecule has 4 heteroatoms. The smallest absolute Gasteiger partial charge is 0.177 e. The van der Waals surface area contributed by atoms with E-state index in [2.05, 4.69) is 16.5 Å². The molecule has 0 radical (unpaired) electrons. The minimum absolute atomic E-state index is 0.117. The average Bonchev–Trinajstić information content (AvgIpc) is 2.60. The summed E-state index contributed by atoms with van der Waals surface area (Å²) in [7, 11) is 0. The number of ketones is 1. The van der Waals surface area contributed by atoms with Gasteiger partial charge in [-0.05, 0) is 30.3 Å². The Morgan fingerprint density at radius 1 is 1.67 bits per heavy atom. The van der Waals surface area contributed by atoms with Gasteiger partial charge in [-0.25, -0.2) is 0 Å². The number of nitrogens with one attached hydrogen (secondary N) is 1. The summed E-state index contributed by atoms with van der Waals surface area (Å²) in [6.45, 7) is 1.61. The molecule has 0 aromatic carbocycles. The SMILES string of the molecule is CSCC1C2Cc3c(n[nH]c3C(C)=O)C12. The van der Waals surface area contributed by atoms with Gasteiger partial charge in [-0.3, -0.25) is 9.89 Å². The molecule has 0 bridgehead atoms. The summed E-state index contributed by atoms with van der Waals surface area (Å²) in [6, 6.07) is 0. The lowest BCUT2D eigenvalue weighted by molar-refractivity contribution is 0.101. The molecule has 3 rings (SSSR count). The van der Waals surface area contributed by atoms with Crippen molar-refractivity contribution in [2.75, 3.05) is 12.0 Å². The maximum atomic E-state index is 11.3. The topological polar surface area (TPSA) is 45.8 Å². The van der Waals surface area contributed by atoms with Gasteiger partial charge in [-0.1, -0.05) is 0 Å². The van der Waals surface area contributed by atoms with Crippen LogP contribution in [0.1, 0.15) is 34.6 Å². The van der Waals surface area contributed by atoms with Crippen molar-refractivity contribution in [1.29, 1.82) is 0 Å². The summed E-state index contributed by atoms with van der Waals surface area (Å²) in [6.07, 6.45) is 3.22. The van der Waals surface area contributed by atoms with Gasteiger partial charge in [0.2, 0.25) is 0 Å². The van der Waals surface area contributed by atoms with Gasteiger partial charge in [-0.2, -0.15) is 16.9 Å². The van der Waals surface area contributed by atoms with Crippen molar-refractivity contribution in [3.63, 3.8) is 0 Å². The number of rotatable bonds is 3. The number of hydrogen-bond acceptors (Lipinski definition) is 3. The van der Waals surface area contributed by atoms with Gasteiger partial charge < -0.3 is 0 Å². The number of aromatic amines is 1. The molecule has 3 unspecified atom stereocenters. The molecule has 0 spiro atoms. The van der Waals surface area contributed by atoms with Crippen LogP contribution in [0.5, 0.6) is 0 Å². The van der Waals surface area contributed by atoms with E-state index in [-0.39, 0.29) is 5.78 Å². The first kappa shape index (κ1) is 9.46. The van der Waals surface area contributed by atoms with Crippen molar-refractivity contribution >= 4 is 17.5 Å². The molecule has 2 aliphatic carbocycles. The fourth-order valence-electron chi connectivity index (χ4n) is 2.94. The fourth-order valence-corrected chi connectivity index (χ4v) is 3.78. The highest BCUT2D eigenvalue weighted by Crippen LogP contribution is 2.61. The minimum atomic E-state index is 0.117. The Morgan fingerprint density at radius 3 is 3.13 bits per heavy atom. The van der Waals surface area contributed by atoms with Crippen molar-refractivity contribution in [3.8, 4) is 0 Å². The van der Waals surface area contributed by atoms with Gasteiger partial charge in [0, 0.05) is 18.4 Å². The Hall–Kier alpha value is -0.770. The van der Waals surface area contributed by atoms with Gasteiger partial charge in [0.1, 0.15) is 5.69 Å². The molecule has 3 atom stereocenters. The van der Waals surface area contributed by atoms with E-state index >= 15 is 0 Å². The second-order valence-corrected chi connectivity index (χ2v) is 5.44. The van der Waals surface area contributed by atoms with Crippen LogP contribution in [-0.4, -0.2) is 28.0 Å². The number of Topliss-reactive ketones (excluding diaryl/α,β-unsaturated/α-hetero) is 1. The van der Waals surface area contributed by atoms with Crippen LogP contribution in [0.3, 0.4) is 0 Å². The summed E-state index contributed by atoms with van der Waals surface area (Å²) in [5.41, 5.74) is 3.14. The summed E-state index contributed by atoms with van der Waals surface area (Å²) in [4.78, 5) is 11.3. The van der Waals surface area contributed by atoms with E-state index in [9.17, 15) is 4.79 Å². The average molecular weight is 222 g/mol. The monoisotopic (exact) mass is 222 g/mol. The Kier molecular flexibility index (Phi) is 1.96. The van der Waals surface area contributed by atoms with Crippen LogP contribution < -0.4 is 0 Å². The first-order valence-electron chi connectivity index (χ1n) is 5.31. The second kappa shape index (κ2) is 3.11. The number of thioether (sulfide) groups is 1. The van der Waals surface area contributed by atoms with Gasteiger partial charge >= 0.3 is 0 Å². The Morgan fingerprint density at radius 2 is 2.47 bits per heavy atom. The van der Waals surface area contributed by atoms with Crippen molar-refractivity contribution in [3.05, 3.63) is 17.0 Å². The molecular formula is C11H14N2OS. The highest BCUT2D eigenvalue weighted by atomic mass is 32.2. The number of hydrogen-bond donors (Lipinski definition) is 1. The second-order valence-electron chi connectivity index (χ2n) is 4.53.